The summed E-state index contributed by atoms with van der Waals surface area (Å²) in [7, 11) is 0. The number of hydrogen-bond acceptors (Lipinski definition) is 3. The van der Waals surface area contributed by atoms with E-state index in [-0.39, 0.29) is 0 Å². The van der Waals surface area contributed by atoms with Gasteiger partial charge in [0, 0.05) is 5.56 Å². The van der Waals surface area contributed by atoms with Crippen molar-refractivity contribution in [2.75, 3.05) is 0 Å². The zero-order chi connectivity index (χ0) is 14.8. The number of rotatable bonds is 3. The van der Waals surface area contributed by atoms with Crippen molar-refractivity contribution >= 4 is 11.9 Å². The lowest BCUT2D eigenvalue weighted by molar-refractivity contribution is -0.140. The van der Waals surface area contributed by atoms with Gasteiger partial charge < -0.3 is 10.5 Å². The van der Waals surface area contributed by atoms with Gasteiger partial charge >= 0.3 is 12.3 Å². The SMILES string of the molecule is C[C@H](OC(N)=O)C(=O)c1ccc(F)c(C(F)(F)F)c1. The van der Waals surface area contributed by atoms with Crippen LogP contribution < -0.4 is 5.73 Å². The molecule has 0 aromatic heterocycles. The van der Waals surface area contributed by atoms with E-state index < -0.39 is 41.1 Å². The summed E-state index contributed by atoms with van der Waals surface area (Å²) < 4.78 is 54.7. The van der Waals surface area contributed by atoms with Gasteiger partial charge in [-0.05, 0) is 25.1 Å². The molecule has 0 saturated carbocycles. The maximum absolute atomic E-state index is 13.0. The van der Waals surface area contributed by atoms with Gasteiger partial charge in [-0.2, -0.15) is 13.2 Å². The molecule has 0 saturated heterocycles. The van der Waals surface area contributed by atoms with Crippen molar-refractivity contribution < 1.29 is 31.9 Å². The first-order chi connectivity index (χ1) is 8.62. The molecule has 0 unspecified atom stereocenters. The number of Topliss-reactive ketones (excluding diaryl/α,β-unsaturated/α-hetero) is 1. The number of ketones is 1. The highest BCUT2D eigenvalue weighted by Crippen LogP contribution is 2.32. The summed E-state index contributed by atoms with van der Waals surface area (Å²) in [6.45, 7) is 1.14. The largest absolute Gasteiger partial charge is 0.438 e. The van der Waals surface area contributed by atoms with E-state index in [1.807, 2.05) is 0 Å². The minimum absolute atomic E-state index is 0.360. The molecule has 1 amide bonds. The number of hydrogen-bond donors (Lipinski definition) is 1. The molecule has 1 rings (SSSR count). The fourth-order valence-electron chi connectivity index (χ4n) is 1.36. The van der Waals surface area contributed by atoms with Crippen LogP contribution in [0.15, 0.2) is 18.2 Å². The highest BCUT2D eigenvalue weighted by atomic mass is 19.4. The quantitative estimate of drug-likeness (QED) is 0.682. The Morgan fingerprint density at radius 2 is 1.89 bits per heavy atom. The van der Waals surface area contributed by atoms with Crippen LogP contribution in [0.3, 0.4) is 0 Å². The van der Waals surface area contributed by atoms with Crippen LogP contribution in [0.25, 0.3) is 0 Å². The molecular formula is C11H9F4NO3. The third kappa shape index (κ3) is 3.67. The van der Waals surface area contributed by atoms with Gasteiger partial charge in [0.05, 0.1) is 5.56 Å². The molecule has 2 N–H and O–H groups in total. The third-order valence-corrected chi connectivity index (χ3v) is 2.22. The predicted octanol–water partition coefficient (Wildman–Crippen LogP) is 2.51. The van der Waals surface area contributed by atoms with Crippen LogP contribution in [0, 0.1) is 5.82 Å². The molecule has 19 heavy (non-hydrogen) atoms. The van der Waals surface area contributed by atoms with Gasteiger partial charge in [-0.25, -0.2) is 9.18 Å². The van der Waals surface area contributed by atoms with E-state index in [0.717, 1.165) is 13.0 Å². The lowest BCUT2D eigenvalue weighted by Crippen LogP contribution is -2.27. The zero-order valence-corrected chi connectivity index (χ0v) is 9.62. The first-order valence-corrected chi connectivity index (χ1v) is 5.00. The van der Waals surface area contributed by atoms with Crippen molar-refractivity contribution in [1.29, 1.82) is 0 Å². The maximum Gasteiger partial charge on any atom is 0.419 e. The van der Waals surface area contributed by atoms with Crippen LogP contribution in [0.1, 0.15) is 22.8 Å². The van der Waals surface area contributed by atoms with Crippen molar-refractivity contribution in [3.63, 3.8) is 0 Å². The van der Waals surface area contributed by atoms with Crippen molar-refractivity contribution in [3.8, 4) is 0 Å². The molecule has 1 atom stereocenters. The van der Waals surface area contributed by atoms with Crippen molar-refractivity contribution in [1.82, 2.24) is 0 Å². The number of nitrogens with two attached hydrogens (primary N) is 1. The van der Waals surface area contributed by atoms with E-state index in [2.05, 4.69) is 10.5 Å². The summed E-state index contributed by atoms with van der Waals surface area (Å²) >= 11 is 0. The second-order valence-electron chi connectivity index (χ2n) is 3.64. The number of benzene rings is 1. The van der Waals surface area contributed by atoms with Crippen LogP contribution in [0.4, 0.5) is 22.4 Å². The summed E-state index contributed by atoms with van der Waals surface area (Å²) in [4.78, 5) is 22.1. The molecule has 0 fully saturated rings. The molecule has 1 aromatic carbocycles. The second kappa shape index (κ2) is 5.25. The lowest BCUT2D eigenvalue weighted by atomic mass is 10.0. The van der Waals surface area contributed by atoms with Crippen molar-refractivity contribution in [2.45, 2.75) is 19.2 Å². The number of primary amides is 1. The molecule has 0 aliphatic heterocycles. The average Bonchev–Trinajstić information content (AvgIpc) is 2.26. The molecule has 0 spiro atoms. The highest BCUT2D eigenvalue weighted by molar-refractivity contribution is 6.00. The first kappa shape index (κ1) is 14.9. The van der Waals surface area contributed by atoms with E-state index in [9.17, 15) is 27.2 Å². The smallest absolute Gasteiger partial charge is 0.419 e. The number of halogens is 4. The number of carbonyl (C=O) groups is 2. The zero-order valence-electron chi connectivity index (χ0n) is 9.62. The average molecular weight is 279 g/mol. The van der Waals surface area contributed by atoms with Gasteiger partial charge in [-0.1, -0.05) is 0 Å². The Balaban J connectivity index is 3.09. The Morgan fingerprint density at radius 1 is 1.32 bits per heavy atom. The van der Waals surface area contributed by atoms with E-state index in [1.165, 1.54) is 0 Å². The standard InChI is InChI=1S/C11H9F4NO3/c1-5(19-10(16)18)9(17)6-2-3-8(12)7(4-6)11(13,14)15/h2-5H,1H3,(H2,16,18)/t5-/m0/s1. The number of amides is 1. The van der Waals surface area contributed by atoms with Gasteiger partial charge in [0.15, 0.2) is 6.10 Å². The van der Waals surface area contributed by atoms with Gasteiger partial charge in [0.2, 0.25) is 5.78 Å². The summed E-state index contributed by atoms with van der Waals surface area (Å²) in [6.07, 6.45) is -7.52. The molecule has 0 aliphatic rings. The van der Waals surface area contributed by atoms with E-state index in [1.54, 1.807) is 0 Å². The summed E-state index contributed by atoms with van der Waals surface area (Å²) in [5, 5.41) is 0. The van der Waals surface area contributed by atoms with E-state index >= 15 is 0 Å². The monoisotopic (exact) mass is 279 g/mol. The molecule has 104 valence electrons. The molecule has 0 radical (unpaired) electrons. The Bertz CT molecular complexity index is 513. The molecule has 0 bridgehead atoms. The normalized spacial score (nSPS) is 12.9. The van der Waals surface area contributed by atoms with Crippen LogP contribution in [-0.2, 0) is 10.9 Å². The number of carbonyl (C=O) groups excluding carboxylic acids is 2. The Kier molecular flexibility index (Phi) is 4.13. The maximum atomic E-state index is 13.0. The van der Waals surface area contributed by atoms with Gasteiger partial charge in [0.25, 0.3) is 0 Å². The molecule has 0 aliphatic carbocycles. The van der Waals surface area contributed by atoms with Crippen LogP contribution in [0.2, 0.25) is 0 Å². The van der Waals surface area contributed by atoms with Gasteiger partial charge in [-0.15, -0.1) is 0 Å². The predicted molar refractivity (Wildman–Crippen MR) is 55.9 cm³/mol. The molecule has 0 heterocycles. The molecule has 4 nitrogen and oxygen atoms in total. The van der Waals surface area contributed by atoms with E-state index in [0.29, 0.717) is 12.1 Å². The fourth-order valence-corrected chi connectivity index (χ4v) is 1.36. The molecule has 8 heteroatoms. The van der Waals surface area contributed by atoms with Crippen LogP contribution in [0.5, 0.6) is 0 Å². The Morgan fingerprint density at radius 3 is 2.37 bits per heavy atom. The fraction of sp³-hybridized carbons (Fsp3) is 0.273. The summed E-state index contributed by atoms with van der Waals surface area (Å²) in [5.41, 5.74) is 2.69. The topological polar surface area (TPSA) is 69.4 Å². The summed E-state index contributed by atoms with van der Waals surface area (Å²) in [5.74, 6) is -2.41. The van der Waals surface area contributed by atoms with Crippen LogP contribution >= 0.6 is 0 Å². The summed E-state index contributed by atoms with van der Waals surface area (Å²) in [6, 6.07) is 1.75. The minimum atomic E-state index is -4.92. The molecule has 1 aromatic rings. The lowest BCUT2D eigenvalue weighted by Gasteiger charge is -2.12. The second-order valence-corrected chi connectivity index (χ2v) is 3.64. The van der Waals surface area contributed by atoms with Gasteiger partial charge in [0.1, 0.15) is 5.82 Å². The van der Waals surface area contributed by atoms with Crippen molar-refractivity contribution in [3.05, 3.63) is 35.1 Å². The minimum Gasteiger partial charge on any atom is -0.438 e. The third-order valence-electron chi connectivity index (χ3n) is 2.22. The number of ether oxygens (including phenoxy) is 1. The number of alkyl halides is 3. The Labute approximate surface area is 105 Å². The van der Waals surface area contributed by atoms with Crippen LogP contribution in [-0.4, -0.2) is 18.0 Å². The highest BCUT2D eigenvalue weighted by Gasteiger charge is 2.35. The van der Waals surface area contributed by atoms with Crippen molar-refractivity contribution in [2.24, 2.45) is 5.73 Å². The molecular weight excluding hydrogens is 270 g/mol. The van der Waals surface area contributed by atoms with E-state index in [4.69, 9.17) is 0 Å². The van der Waals surface area contributed by atoms with Gasteiger partial charge in [-0.3, -0.25) is 4.79 Å². The Hall–Kier alpha value is -2.12. The first-order valence-electron chi connectivity index (χ1n) is 5.00.